The van der Waals surface area contributed by atoms with Crippen LogP contribution in [0.15, 0.2) is 48.7 Å². The van der Waals surface area contributed by atoms with Crippen molar-refractivity contribution >= 4 is 5.76 Å². The first-order chi connectivity index (χ1) is 7.09. The summed E-state index contributed by atoms with van der Waals surface area (Å²) in [7, 11) is 0. The molecule has 17 heavy (non-hydrogen) atoms. The molecule has 0 radical (unpaired) electrons. The number of hydrogen-bond donors (Lipinski definition) is 0. The Kier molecular flexibility index (Phi) is 10.6. The summed E-state index contributed by atoms with van der Waals surface area (Å²) in [5.74, 6) is -0.0509. The van der Waals surface area contributed by atoms with Crippen LogP contribution in [0.2, 0.25) is 0 Å². The molecule has 4 heteroatoms. The maximum Gasteiger partial charge on any atom is 1.00 e. The van der Waals surface area contributed by atoms with E-state index >= 15 is 0 Å². The molecule has 0 aliphatic rings. The number of nitrogens with zero attached hydrogens (tertiary/aromatic N) is 1. The van der Waals surface area contributed by atoms with Crippen molar-refractivity contribution in [2.75, 3.05) is 0 Å². The van der Waals surface area contributed by atoms with Crippen molar-refractivity contribution in [3.8, 4) is 0 Å². The van der Waals surface area contributed by atoms with Crippen molar-refractivity contribution in [1.82, 2.24) is 0 Å². The predicted octanol–water partition coefficient (Wildman–Crippen LogP) is -3.31. The number of allylic oxidation sites excluding steroid dienone is 1. The molecule has 0 N–H and O–H groups in total. The van der Waals surface area contributed by atoms with Crippen molar-refractivity contribution in [3.63, 3.8) is 0 Å². The third-order valence-corrected chi connectivity index (χ3v) is 1.78. The Hall–Kier alpha value is -0.505. The molecule has 1 rings (SSSR count). The summed E-state index contributed by atoms with van der Waals surface area (Å²) in [5, 5.41) is 15.8. The van der Waals surface area contributed by atoms with Gasteiger partial charge in [0.15, 0.2) is 0 Å². The number of rotatable bonds is 4. The Labute approximate surface area is 128 Å². The zero-order chi connectivity index (χ0) is 11.3. The van der Waals surface area contributed by atoms with E-state index in [2.05, 4.69) is 11.9 Å². The van der Waals surface area contributed by atoms with Crippen LogP contribution in [0.5, 0.6) is 0 Å². The van der Waals surface area contributed by atoms with E-state index in [0.717, 1.165) is 0 Å². The molecule has 80 valence electrons. The molecule has 0 aliphatic heterocycles. The maximum atomic E-state index is 11.7. The summed E-state index contributed by atoms with van der Waals surface area (Å²) < 4.78 is 0. The fourth-order valence-electron chi connectivity index (χ4n) is 1.21. The van der Waals surface area contributed by atoms with E-state index in [0.29, 0.717) is 11.3 Å². The first kappa shape index (κ1) is 18.8. The standard InChI is InChI=1S/C13H16NO.2Li/c1-10(2)14-11(3)9-13(15)12-7-5-4-6-8-12;;/h4-10,15H,3H2,1-2H3;;/q-1;2*+1/p-1/b13-9-;;. The largest absolute Gasteiger partial charge is 1.00 e. The quantitative estimate of drug-likeness (QED) is 0.294. The first-order valence-electron chi connectivity index (χ1n) is 4.93. The first-order valence-corrected chi connectivity index (χ1v) is 4.93. The van der Waals surface area contributed by atoms with Crippen LogP contribution in [0.3, 0.4) is 0 Å². The van der Waals surface area contributed by atoms with Crippen LogP contribution in [-0.2, 0) is 0 Å². The van der Waals surface area contributed by atoms with Crippen LogP contribution in [0.1, 0.15) is 19.4 Å². The molecule has 0 fully saturated rings. The van der Waals surface area contributed by atoms with Gasteiger partial charge in [0.05, 0.1) is 0 Å². The smallest absolute Gasteiger partial charge is 0.872 e. The topological polar surface area (TPSA) is 37.2 Å². The van der Waals surface area contributed by atoms with E-state index < -0.39 is 0 Å². The summed E-state index contributed by atoms with van der Waals surface area (Å²) in [5.41, 5.74) is 1.19. The molecular formula is C13H15Li2NO. The van der Waals surface area contributed by atoms with Crippen LogP contribution >= 0.6 is 0 Å². The van der Waals surface area contributed by atoms with Gasteiger partial charge in [-0.25, -0.2) is 0 Å². The molecule has 0 bridgehead atoms. The van der Waals surface area contributed by atoms with Crippen molar-refractivity contribution in [1.29, 1.82) is 0 Å². The molecular weight excluding hydrogens is 200 g/mol. The molecule has 0 unspecified atom stereocenters. The molecule has 1 aromatic carbocycles. The van der Waals surface area contributed by atoms with E-state index in [1.165, 1.54) is 6.08 Å². The summed E-state index contributed by atoms with van der Waals surface area (Å²) in [6, 6.07) is 9.28. The van der Waals surface area contributed by atoms with Gasteiger partial charge in [0.2, 0.25) is 0 Å². The fraction of sp³-hybridized carbons (Fsp3) is 0.231. The molecule has 0 heterocycles. The van der Waals surface area contributed by atoms with Crippen LogP contribution in [-0.4, -0.2) is 6.04 Å². The number of benzene rings is 1. The monoisotopic (exact) mass is 215 g/mol. The van der Waals surface area contributed by atoms with Crippen molar-refractivity contribution in [2.45, 2.75) is 19.9 Å². The molecule has 0 aliphatic carbocycles. The third kappa shape index (κ3) is 7.42. The third-order valence-electron chi connectivity index (χ3n) is 1.78. The van der Waals surface area contributed by atoms with E-state index in [9.17, 15) is 5.11 Å². The van der Waals surface area contributed by atoms with E-state index in [4.69, 9.17) is 0 Å². The average Bonchev–Trinajstić information content (AvgIpc) is 2.17. The van der Waals surface area contributed by atoms with E-state index in [1.807, 2.05) is 32.0 Å². The fourth-order valence-corrected chi connectivity index (χ4v) is 1.21. The zero-order valence-electron chi connectivity index (χ0n) is 11.1. The Balaban J connectivity index is 0. The second-order valence-corrected chi connectivity index (χ2v) is 3.59. The van der Waals surface area contributed by atoms with Crippen molar-refractivity contribution < 1.29 is 42.8 Å². The molecule has 0 aromatic heterocycles. The van der Waals surface area contributed by atoms with E-state index in [-0.39, 0.29) is 49.5 Å². The SMILES string of the molecule is C=C(/C=C(\[O-])c1ccccc1)[N-]C(C)C.[Li+].[Li+]. The molecule has 0 spiro atoms. The van der Waals surface area contributed by atoms with Gasteiger partial charge in [-0.05, 0) is 5.56 Å². The van der Waals surface area contributed by atoms with Crippen LogP contribution < -0.4 is 42.8 Å². The van der Waals surface area contributed by atoms with Gasteiger partial charge in [-0.2, -0.15) is 0 Å². The van der Waals surface area contributed by atoms with Gasteiger partial charge in [-0.15, -0.1) is 24.1 Å². The van der Waals surface area contributed by atoms with Crippen LogP contribution in [0.25, 0.3) is 11.1 Å². The maximum absolute atomic E-state index is 11.7. The zero-order valence-corrected chi connectivity index (χ0v) is 11.1. The average molecular weight is 215 g/mol. The van der Waals surface area contributed by atoms with Crippen LogP contribution in [0, 0.1) is 0 Å². The second kappa shape index (κ2) is 9.52. The molecule has 0 saturated heterocycles. The second-order valence-electron chi connectivity index (χ2n) is 3.59. The normalized spacial score (nSPS) is 10.2. The van der Waals surface area contributed by atoms with Gasteiger partial charge >= 0.3 is 37.7 Å². The Morgan fingerprint density at radius 2 is 1.76 bits per heavy atom. The summed E-state index contributed by atoms with van der Waals surface area (Å²) >= 11 is 0. The van der Waals surface area contributed by atoms with Crippen molar-refractivity contribution in [3.05, 3.63) is 59.6 Å². The van der Waals surface area contributed by atoms with Crippen LogP contribution in [0.4, 0.5) is 0 Å². The van der Waals surface area contributed by atoms with Gasteiger partial charge in [0.1, 0.15) is 0 Å². The molecule has 0 atom stereocenters. The van der Waals surface area contributed by atoms with Gasteiger partial charge in [0.25, 0.3) is 0 Å². The van der Waals surface area contributed by atoms with Gasteiger partial charge in [-0.1, -0.05) is 50.3 Å². The molecule has 1 aromatic rings. The van der Waals surface area contributed by atoms with E-state index in [1.54, 1.807) is 12.1 Å². The summed E-state index contributed by atoms with van der Waals surface area (Å²) in [6.07, 6.45) is 1.47. The predicted molar refractivity (Wildman–Crippen MR) is 62.1 cm³/mol. The van der Waals surface area contributed by atoms with Gasteiger partial charge in [-0.3, -0.25) is 0 Å². The van der Waals surface area contributed by atoms with Gasteiger partial charge in [0, 0.05) is 0 Å². The molecule has 2 nitrogen and oxygen atoms in total. The summed E-state index contributed by atoms with van der Waals surface area (Å²) in [4.78, 5) is 0. The minimum absolute atomic E-state index is 0. The Bertz CT molecular complexity index is 361. The minimum atomic E-state index is -0.0509. The summed E-state index contributed by atoms with van der Waals surface area (Å²) in [6.45, 7) is 7.62. The van der Waals surface area contributed by atoms with Gasteiger partial charge < -0.3 is 10.4 Å². The Morgan fingerprint density at radius 3 is 2.24 bits per heavy atom. The number of hydrogen-bond acceptors (Lipinski definition) is 1. The van der Waals surface area contributed by atoms with Crippen molar-refractivity contribution in [2.24, 2.45) is 0 Å². The molecule has 0 saturated carbocycles. The molecule has 0 amide bonds. The Morgan fingerprint density at radius 1 is 1.24 bits per heavy atom. The minimum Gasteiger partial charge on any atom is -0.872 e.